The van der Waals surface area contributed by atoms with Crippen LogP contribution in [0.4, 0.5) is 0 Å². The van der Waals surface area contributed by atoms with Gasteiger partial charge in [-0.05, 0) is 28.0 Å². The molecule has 0 amide bonds. The normalized spacial score (nSPS) is 22.6. The molecule has 0 radical (unpaired) electrons. The summed E-state index contributed by atoms with van der Waals surface area (Å²) in [5.74, 6) is -0.0927. The molecule has 2 nitrogen and oxygen atoms in total. The minimum Gasteiger partial charge on any atom is -0.427 e. The van der Waals surface area contributed by atoms with E-state index in [0.29, 0.717) is 0 Å². The van der Waals surface area contributed by atoms with Crippen molar-refractivity contribution in [3.8, 4) is 0 Å². The molecule has 2 atom stereocenters. The molecular weight excluding hydrogens is 247 g/mol. The maximum Gasteiger partial charge on any atom is 0.459 e. The Morgan fingerprint density at radius 1 is 1.05 bits per heavy atom. The third-order valence-corrected chi connectivity index (χ3v) is 3.98. The Balaban J connectivity index is 2.22. The highest BCUT2D eigenvalue weighted by Gasteiger charge is 2.27. The molecule has 2 rings (SSSR count). The first kappa shape index (κ1) is 15.1. The summed E-state index contributed by atoms with van der Waals surface area (Å²) in [5, 5.41) is 18.6. The molecule has 0 bridgehead atoms. The van der Waals surface area contributed by atoms with Crippen molar-refractivity contribution in [1.29, 1.82) is 0 Å². The lowest BCUT2D eigenvalue weighted by Crippen LogP contribution is -2.24. The van der Waals surface area contributed by atoms with E-state index in [1.165, 1.54) is 11.1 Å². The highest BCUT2D eigenvalue weighted by atomic mass is 16.4. The summed E-state index contributed by atoms with van der Waals surface area (Å²) >= 11 is 0. The van der Waals surface area contributed by atoms with Gasteiger partial charge in [0.1, 0.15) is 0 Å². The fraction of sp³-hybridized carbons (Fsp3) is 0.412. The Morgan fingerprint density at radius 3 is 2.10 bits per heavy atom. The third-order valence-electron chi connectivity index (χ3n) is 3.98. The largest absolute Gasteiger partial charge is 0.459 e. The van der Waals surface area contributed by atoms with Crippen molar-refractivity contribution < 1.29 is 10.0 Å². The lowest BCUT2D eigenvalue weighted by atomic mass is 9.64. The van der Waals surface area contributed by atoms with Gasteiger partial charge in [0.15, 0.2) is 0 Å². The second-order valence-electron chi connectivity index (χ2n) is 6.66. The molecule has 0 heterocycles. The molecule has 0 aromatic heterocycles. The number of hydrogen-bond acceptors (Lipinski definition) is 2. The summed E-state index contributed by atoms with van der Waals surface area (Å²) in [5.41, 5.74) is 3.80. The van der Waals surface area contributed by atoms with E-state index in [-0.39, 0.29) is 17.2 Å². The number of hydrogen-bond donors (Lipinski definition) is 2. The van der Waals surface area contributed by atoms with Crippen LogP contribution < -0.4 is 0 Å². The van der Waals surface area contributed by atoms with Gasteiger partial charge >= 0.3 is 7.12 Å². The smallest absolute Gasteiger partial charge is 0.427 e. The van der Waals surface area contributed by atoms with Crippen molar-refractivity contribution in [2.75, 3.05) is 0 Å². The predicted molar refractivity (Wildman–Crippen MR) is 85.4 cm³/mol. The molecular formula is C17H23BO2. The van der Waals surface area contributed by atoms with Gasteiger partial charge in [-0.1, -0.05) is 70.2 Å². The Hall–Kier alpha value is -1.32. The fourth-order valence-corrected chi connectivity index (χ4v) is 2.57. The van der Waals surface area contributed by atoms with E-state index in [1.54, 1.807) is 0 Å². The third kappa shape index (κ3) is 3.22. The van der Waals surface area contributed by atoms with E-state index in [2.05, 4.69) is 51.1 Å². The Bertz CT molecular complexity index is 521. The first-order valence-corrected chi connectivity index (χ1v) is 7.16. The lowest BCUT2D eigenvalue weighted by molar-refractivity contribution is 0.382. The molecule has 3 heteroatoms. The van der Waals surface area contributed by atoms with Crippen LogP contribution >= 0.6 is 0 Å². The Kier molecular flexibility index (Phi) is 4.21. The summed E-state index contributed by atoms with van der Waals surface area (Å²) in [7, 11) is -1.29. The van der Waals surface area contributed by atoms with Crippen LogP contribution in [0.1, 0.15) is 38.8 Å². The second kappa shape index (κ2) is 5.59. The molecule has 20 heavy (non-hydrogen) atoms. The van der Waals surface area contributed by atoms with Crippen LogP contribution in [0.3, 0.4) is 0 Å². The zero-order valence-corrected chi connectivity index (χ0v) is 12.7. The van der Waals surface area contributed by atoms with Gasteiger partial charge in [0.2, 0.25) is 0 Å². The molecule has 1 aliphatic carbocycles. The van der Waals surface area contributed by atoms with Gasteiger partial charge in [-0.15, -0.1) is 0 Å². The van der Waals surface area contributed by atoms with Crippen molar-refractivity contribution in [3.05, 3.63) is 53.6 Å². The van der Waals surface area contributed by atoms with Gasteiger partial charge in [0.05, 0.1) is 0 Å². The molecule has 0 saturated heterocycles. The summed E-state index contributed by atoms with van der Waals surface area (Å²) in [6.07, 6.45) is 5.98. The molecule has 0 aliphatic heterocycles. The molecule has 0 spiro atoms. The number of rotatable bonds is 2. The summed E-state index contributed by atoms with van der Waals surface area (Å²) < 4.78 is 0. The quantitative estimate of drug-likeness (QED) is 0.808. The van der Waals surface area contributed by atoms with Crippen molar-refractivity contribution in [3.63, 3.8) is 0 Å². The first-order chi connectivity index (χ1) is 9.29. The van der Waals surface area contributed by atoms with E-state index < -0.39 is 7.12 Å². The van der Waals surface area contributed by atoms with Gasteiger partial charge in [0, 0.05) is 5.82 Å². The average Bonchev–Trinajstić information content (AvgIpc) is 2.37. The molecule has 0 saturated carbocycles. The Morgan fingerprint density at radius 2 is 1.65 bits per heavy atom. The van der Waals surface area contributed by atoms with Crippen LogP contribution in [-0.2, 0) is 5.41 Å². The van der Waals surface area contributed by atoms with Crippen molar-refractivity contribution >= 4 is 12.7 Å². The monoisotopic (exact) mass is 270 g/mol. The van der Waals surface area contributed by atoms with Crippen molar-refractivity contribution in [1.82, 2.24) is 0 Å². The maximum absolute atomic E-state index is 9.31. The van der Waals surface area contributed by atoms with Crippen molar-refractivity contribution in [2.24, 2.45) is 5.92 Å². The van der Waals surface area contributed by atoms with Crippen LogP contribution in [0.25, 0.3) is 5.57 Å². The summed E-state index contributed by atoms with van der Waals surface area (Å²) in [4.78, 5) is 0. The topological polar surface area (TPSA) is 40.5 Å². The Labute approximate surface area is 122 Å². The standard InChI is InChI=1S/C17H23BO2/c1-12-11-14(7-10-16(12)18(19)20)13-5-8-15(9-6-13)17(2,3)4/h5-12,16,19-20H,1-4H3. The summed E-state index contributed by atoms with van der Waals surface area (Å²) in [6, 6.07) is 8.61. The zero-order chi connectivity index (χ0) is 14.9. The summed E-state index contributed by atoms with van der Waals surface area (Å²) in [6.45, 7) is 8.63. The fourth-order valence-electron chi connectivity index (χ4n) is 2.57. The van der Waals surface area contributed by atoms with Gasteiger partial charge in [-0.25, -0.2) is 0 Å². The minimum absolute atomic E-state index is 0.122. The minimum atomic E-state index is -1.29. The van der Waals surface area contributed by atoms with Crippen LogP contribution in [0.2, 0.25) is 5.82 Å². The molecule has 0 fully saturated rings. The zero-order valence-electron chi connectivity index (χ0n) is 12.7. The van der Waals surface area contributed by atoms with E-state index in [1.807, 2.05) is 19.1 Å². The molecule has 1 aliphatic rings. The van der Waals surface area contributed by atoms with Gasteiger partial charge in [-0.3, -0.25) is 0 Å². The molecule has 1 aromatic rings. The van der Waals surface area contributed by atoms with E-state index in [9.17, 15) is 10.0 Å². The number of benzene rings is 1. The highest BCUT2D eigenvalue weighted by Crippen LogP contribution is 2.33. The van der Waals surface area contributed by atoms with Crippen LogP contribution in [0, 0.1) is 5.92 Å². The van der Waals surface area contributed by atoms with Crippen LogP contribution in [0.5, 0.6) is 0 Å². The van der Waals surface area contributed by atoms with Gasteiger partial charge in [-0.2, -0.15) is 0 Å². The van der Waals surface area contributed by atoms with Gasteiger partial charge in [0.25, 0.3) is 0 Å². The molecule has 1 aromatic carbocycles. The van der Waals surface area contributed by atoms with Crippen LogP contribution in [0.15, 0.2) is 42.5 Å². The van der Waals surface area contributed by atoms with Crippen LogP contribution in [-0.4, -0.2) is 17.2 Å². The molecule has 2 unspecified atom stereocenters. The second-order valence-corrected chi connectivity index (χ2v) is 6.66. The first-order valence-electron chi connectivity index (χ1n) is 7.16. The van der Waals surface area contributed by atoms with E-state index in [4.69, 9.17) is 0 Å². The molecule has 2 N–H and O–H groups in total. The SMILES string of the molecule is CC1C=C(c2ccc(C(C)(C)C)cc2)C=CC1B(O)O. The highest BCUT2D eigenvalue weighted by molar-refractivity contribution is 6.44. The predicted octanol–water partition coefficient (Wildman–Crippen LogP) is 3.42. The van der Waals surface area contributed by atoms with Crippen molar-refractivity contribution in [2.45, 2.75) is 38.9 Å². The number of allylic oxidation sites excluding steroid dienone is 4. The van der Waals surface area contributed by atoms with E-state index >= 15 is 0 Å². The van der Waals surface area contributed by atoms with Gasteiger partial charge < -0.3 is 10.0 Å². The maximum atomic E-state index is 9.31. The average molecular weight is 270 g/mol. The van der Waals surface area contributed by atoms with E-state index in [0.717, 1.165) is 5.57 Å². The molecule has 106 valence electrons. The lowest BCUT2D eigenvalue weighted by Gasteiger charge is -2.23.